The van der Waals surface area contributed by atoms with E-state index in [4.69, 9.17) is 0 Å². The molecule has 0 aliphatic carbocycles. The van der Waals surface area contributed by atoms with Crippen LogP contribution in [0.15, 0.2) is 41.4 Å². The minimum Gasteiger partial charge on any atom is -0.121 e. The molecule has 2 rings (SSSR count). The van der Waals surface area contributed by atoms with Crippen LogP contribution >= 0.6 is 63.0 Å². The summed E-state index contributed by atoms with van der Waals surface area (Å²) in [5.74, 6) is 0. The summed E-state index contributed by atoms with van der Waals surface area (Å²) in [5, 5.41) is 0. The van der Waals surface area contributed by atoms with Gasteiger partial charge in [-0.2, -0.15) is 0 Å². The average molecular weight is 363 g/mol. The van der Waals surface area contributed by atoms with Crippen molar-refractivity contribution in [3.63, 3.8) is 0 Å². The van der Waals surface area contributed by atoms with Gasteiger partial charge in [0, 0.05) is 4.47 Å². The van der Waals surface area contributed by atoms with Crippen molar-refractivity contribution in [1.82, 2.24) is 0 Å². The maximum atomic E-state index is 3.45. The Morgan fingerprint density at radius 2 is 1.53 bits per heavy atom. The van der Waals surface area contributed by atoms with E-state index in [0.29, 0.717) is 0 Å². The van der Waals surface area contributed by atoms with Gasteiger partial charge in [-0.25, -0.2) is 0 Å². The highest BCUT2D eigenvalue weighted by molar-refractivity contribution is 9.10. The Balaban J connectivity index is 2.14. The second-order valence-electron chi connectivity index (χ2n) is 3.20. The fraction of sp³-hybridized carbons (Fsp3) is 0.167. The zero-order valence-electron chi connectivity index (χ0n) is 9.40. The molecule has 17 heavy (non-hydrogen) atoms. The van der Waals surface area contributed by atoms with Crippen molar-refractivity contribution in [2.24, 2.45) is 0 Å². The molecule has 1 heterocycles. The lowest BCUT2D eigenvalue weighted by Crippen LogP contribution is -1.71. The summed E-state index contributed by atoms with van der Waals surface area (Å²) in [4.78, 5) is 0. The second kappa shape index (κ2) is 6.66. The van der Waals surface area contributed by atoms with Crippen LogP contribution in [0.5, 0.6) is 0 Å². The first-order valence-electron chi connectivity index (χ1n) is 4.88. The third-order valence-electron chi connectivity index (χ3n) is 2.08. The van der Waals surface area contributed by atoms with E-state index in [9.17, 15) is 0 Å². The number of rotatable bonds is 3. The van der Waals surface area contributed by atoms with Crippen molar-refractivity contribution in [2.75, 3.05) is 12.5 Å². The fourth-order valence-electron chi connectivity index (χ4n) is 1.29. The fourth-order valence-corrected chi connectivity index (χ4v) is 6.50. The van der Waals surface area contributed by atoms with Gasteiger partial charge < -0.3 is 0 Å². The van der Waals surface area contributed by atoms with Crippen molar-refractivity contribution in [1.29, 1.82) is 0 Å². The largest absolute Gasteiger partial charge is 0.121 e. The molecule has 5 heteroatoms. The maximum absolute atomic E-state index is 3.45. The van der Waals surface area contributed by atoms with E-state index >= 15 is 0 Å². The number of hydrogen-bond donors (Lipinski definition) is 0. The molecule has 0 unspecified atom stereocenters. The number of thioether (sulfide) groups is 4. The van der Waals surface area contributed by atoms with Gasteiger partial charge in [0.15, 0.2) is 0 Å². The lowest BCUT2D eigenvalue weighted by molar-refractivity contribution is 1.62. The van der Waals surface area contributed by atoms with Gasteiger partial charge in [0.05, 0.1) is 12.7 Å². The monoisotopic (exact) mass is 362 g/mol. The van der Waals surface area contributed by atoms with Crippen LogP contribution in [0.3, 0.4) is 0 Å². The standard InChI is InChI=1S/C12H11BrS4/c1-14-11-12(15-2)17-10(16-11)7-8-3-5-9(13)6-4-8/h3-7H,1-2H3. The highest BCUT2D eigenvalue weighted by Crippen LogP contribution is 2.56. The van der Waals surface area contributed by atoms with Crippen LogP contribution in [0.25, 0.3) is 6.08 Å². The van der Waals surface area contributed by atoms with Crippen LogP contribution in [-0.2, 0) is 0 Å². The van der Waals surface area contributed by atoms with Crippen molar-refractivity contribution in [3.05, 3.63) is 47.0 Å². The molecule has 1 aliphatic heterocycles. The third-order valence-corrected chi connectivity index (χ3v) is 7.69. The van der Waals surface area contributed by atoms with Crippen molar-refractivity contribution in [3.8, 4) is 0 Å². The van der Waals surface area contributed by atoms with Crippen LogP contribution in [-0.4, -0.2) is 12.5 Å². The quantitative estimate of drug-likeness (QED) is 0.638. The van der Waals surface area contributed by atoms with Crippen molar-refractivity contribution in [2.45, 2.75) is 0 Å². The van der Waals surface area contributed by atoms with E-state index in [1.807, 2.05) is 47.0 Å². The van der Waals surface area contributed by atoms with Gasteiger partial charge in [0.1, 0.15) is 0 Å². The Hall–Kier alpha value is 0.580. The molecule has 0 saturated carbocycles. The molecule has 0 nitrogen and oxygen atoms in total. The van der Waals surface area contributed by atoms with E-state index in [1.165, 1.54) is 18.3 Å². The topological polar surface area (TPSA) is 0 Å². The van der Waals surface area contributed by atoms with E-state index in [2.05, 4.69) is 58.8 Å². The molecule has 0 saturated heterocycles. The highest BCUT2D eigenvalue weighted by Gasteiger charge is 2.19. The molecule has 1 aliphatic rings. The van der Waals surface area contributed by atoms with Crippen molar-refractivity contribution >= 4 is 69.1 Å². The Bertz CT molecular complexity index is 444. The summed E-state index contributed by atoms with van der Waals surface area (Å²) in [6.45, 7) is 0. The van der Waals surface area contributed by atoms with Gasteiger partial charge in [-0.1, -0.05) is 51.6 Å². The average Bonchev–Trinajstić information content (AvgIpc) is 2.74. The van der Waals surface area contributed by atoms with Crippen LogP contribution in [0.1, 0.15) is 5.56 Å². The predicted molar refractivity (Wildman–Crippen MR) is 91.4 cm³/mol. The van der Waals surface area contributed by atoms with E-state index < -0.39 is 0 Å². The molecule has 90 valence electrons. The van der Waals surface area contributed by atoms with Gasteiger partial charge in [-0.05, 0) is 36.3 Å². The summed E-state index contributed by atoms with van der Waals surface area (Å²) < 4.78 is 5.33. The predicted octanol–water partition coefficient (Wildman–Crippen LogP) is 6.08. The maximum Gasteiger partial charge on any atom is 0.0657 e. The molecule has 0 atom stereocenters. The minimum absolute atomic E-state index is 1.12. The zero-order chi connectivity index (χ0) is 12.3. The normalized spacial score (nSPS) is 15.6. The van der Waals surface area contributed by atoms with E-state index in [0.717, 1.165) is 4.47 Å². The molecule has 0 N–H and O–H groups in total. The molecule has 0 bridgehead atoms. The lowest BCUT2D eigenvalue weighted by atomic mass is 10.2. The molecule has 0 radical (unpaired) electrons. The molecule has 0 amide bonds. The summed E-state index contributed by atoms with van der Waals surface area (Å²) in [7, 11) is 0. The third kappa shape index (κ3) is 3.77. The van der Waals surface area contributed by atoms with E-state index in [-0.39, 0.29) is 0 Å². The molecular formula is C12H11BrS4. The molecule has 1 aromatic carbocycles. The number of hydrogen-bond acceptors (Lipinski definition) is 4. The minimum atomic E-state index is 1.12. The molecular weight excluding hydrogens is 352 g/mol. The summed E-state index contributed by atoms with van der Waals surface area (Å²) in [5.41, 5.74) is 1.26. The smallest absolute Gasteiger partial charge is 0.0657 e. The molecule has 0 aromatic heterocycles. The van der Waals surface area contributed by atoms with Crippen molar-refractivity contribution < 1.29 is 0 Å². The van der Waals surface area contributed by atoms with E-state index in [1.54, 1.807) is 0 Å². The van der Waals surface area contributed by atoms with Gasteiger partial charge in [-0.15, -0.1) is 23.5 Å². The zero-order valence-corrected chi connectivity index (χ0v) is 14.2. The second-order valence-corrected chi connectivity index (χ2v) is 8.63. The SMILES string of the molecule is CSC1=C(SC)SC(=Cc2ccc(Br)cc2)S1. The van der Waals surface area contributed by atoms with Crippen LogP contribution in [0.2, 0.25) is 0 Å². The first-order valence-corrected chi connectivity index (χ1v) is 9.75. The van der Waals surface area contributed by atoms with Crippen LogP contribution < -0.4 is 0 Å². The van der Waals surface area contributed by atoms with Gasteiger partial charge in [0.25, 0.3) is 0 Å². The van der Waals surface area contributed by atoms with Gasteiger partial charge in [0.2, 0.25) is 0 Å². The first kappa shape index (κ1) is 14.0. The molecule has 0 spiro atoms. The summed E-state index contributed by atoms with van der Waals surface area (Å²) >= 11 is 10.9. The Kier molecular flexibility index (Phi) is 5.49. The Morgan fingerprint density at radius 3 is 2.00 bits per heavy atom. The summed E-state index contributed by atoms with van der Waals surface area (Å²) in [6, 6.07) is 8.42. The summed E-state index contributed by atoms with van der Waals surface area (Å²) in [6.07, 6.45) is 6.53. The van der Waals surface area contributed by atoms with Crippen LogP contribution in [0, 0.1) is 0 Å². The van der Waals surface area contributed by atoms with Gasteiger partial charge in [-0.3, -0.25) is 0 Å². The Morgan fingerprint density at radius 1 is 1.00 bits per heavy atom. The Labute approximate surface area is 128 Å². The van der Waals surface area contributed by atoms with Gasteiger partial charge >= 0.3 is 0 Å². The first-order chi connectivity index (χ1) is 8.22. The lowest BCUT2D eigenvalue weighted by Gasteiger charge is -1.97. The number of halogens is 1. The highest BCUT2D eigenvalue weighted by atomic mass is 79.9. The molecule has 1 aromatic rings. The van der Waals surface area contributed by atoms with Crippen LogP contribution in [0.4, 0.5) is 0 Å². The molecule has 0 fully saturated rings. The number of benzene rings is 1.